The molecule has 1 fully saturated rings. The Bertz CT molecular complexity index is 1320. The predicted molar refractivity (Wildman–Crippen MR) is 122 cm³/mol. The zero-order valence-corrected chi connectivity index (χ0v) is 18.4. The lowest BCUT2D eigenvalue weighted by Gasteiger charge is -2.41. The minimum atomic E-state index is -0.360. The number of aromatic nitrogens is 4. The molecule has 7 nitrogen and oxygen atoms in total. The molecule has 0 saturated carbocycles. The van der Waals surface area contributed by atoms with Gasteiger partial charge in [-0.1, -0.05) is 38.1 Å². The first-order valence-corrected chi connectivity index (χ1v) is 10.9. The number of para-hydroxylation sites is 1. The summed E-state index contributed by atoms with van der Waals surface area (Å²) in [5, 5.41) is 9.63. The molecular formula is C24H25FN6O. The highest BCUT2D eigenvalue weighted by Crippen LogP contribution is 2.30. The van der Waals surface area contributed by atoms with Crippen LogP contribution in [-0.4, -0.2) is 56.1 Å². The molecule has 32 heavy (non-hydrogen) atoms. The van der Waals surface area contributed by atoms with Crippen molar-refractivity contribution in [2.24, 2.45) is 5.92 Å². The Morgan fingerprint density at radius 2 is 1.81 bits per heavy atom. The van der Waals surface area contributed by atoms with E-state index >= 15 is 0 Å². The largest absolute Gasteiger partial charge is 0.338 e. The molecule has 4 aromatic rings. The van der Waals surface area contributed by atoms with Gasteiger partial charge in [-0.05, 0) is 31.2 Å². The number of hydrogen-bond donors (Lipinski definition) is 0. The van der Waals surface area contributed by atoms with Gasteiger partial charge in [-0.3, -0.25) is 4.79 Å². The van der Waals surface area contributed by atoms with Crippen LogP contribution in [-0.2, 0) is 4.79 Å². The van der Waals surface area contributed by atoms with Gasteiger partial charge in [0, 0.05) is 37.0 Å². The van der Waals surface area contributed by atoms with Crippen molar-refractivity contribution in [1.82, 2.24) is 24.5 Å². The number of hydrogen-bond acceptors (Lipinski definition) is 5. The van der Waals surface area contributed by atoms with E-state index in [0.29, 0.717) is 42.6 Å². The van der Waals surface area contributed by atoms with Gasteiger partial charge in [-0.25, -0.2) is 13.8 Å². The van der Waals surface area contributed by atoms with Crippen LogP contribution in [0.3, 0.4) is 0 Å². The molecule has 0 aliphatic carbocycles. The number of piperazine rings is 1. The predicted octanol–water partition coefficient (Wildman–Crippen LogP) is 3.78. The maximum absolute atomic E-state index is 14.7. The maximum Gasteiger partial charge on any atom is 0.225 e. The minimum absolute atomic E-state index is 0.0235. The van der Waals surface area contributed by atoms with Crippen molar-refractivity contribution in [3.8, 4) is 11.4 Å². The van der Waals surface area contributed by atoms with E-state index in [1.165, 1.54) is 6.07 Å². The van der Waals surface area contributed by atoms with E-state index in [0.717, 1.165) is 10.9 Å². The van der Waals surface area contributed by atoms with Crippen molar-refractivity contribution < 1.29 is 9.18 Å². The molecule has 3 heterocycles. The molecule has 1 atom stereocenters. The van der Waals surface area contributed by atoms with Crippen LogP contribution in [0.15, 0.2) is 48.5 Å². The lowest BCUT2D eigenvalue weighted by Crippen LogP contribution is -2.55. The number of carbonyl (C=O) groups is 1. The van der Waals surface area contributed by atoms with Crippen molar-refractivity contribution in [3.63, 3.8) is 0 Å². The SMILES string of the molecule is CC(C)C(=O)N1CCN(c2nc3ccccc3c3nnc(-c4ccccc4F)n23)C[C@@H]1C. The summed E-state index contributed by atoms with van der Waals surface area (Å²) in [6, 6.07) is 14.3. The van der Waals surface area contributed by atoms with Crippen molar-refractivity contribution in [1.29, 1.82) is 0 Å². The summed E-state index contributed by atoms with van der Waals surface area (Å²) in [5.41, 5.74) is 1.81. The molecule has 0 spiro atoms. The van der Waals surface area contributed by atoms with Crippen LogP contribution in [0, 0.1) is 11.7 Å². The lowest BCUT2D eigenvalue weighted by atomic mass is 10.1. The maximum atomic E-state index is 14.7. The van der Waals surface area contributed by atoms with Crippen molar-refractivity contribution >= 4 is 28.4 Å². The molecule has 164 valence electrons. The number of fused-ring (bicyclic) bond motifs is 3. The summed E-state index contributed by atoms with van der Waals surface area (Å²) in [6.07, 6.45) is 0. The van der Waals surface area contributed by atoms with E-state index in [9.17, 15) is 9.18 Å². The number of halogens is 1. The summed E-state index contributed by atoms with van der Waals surface area (Å²) in [6.45, 7) is 7.74. The molecule has 1 amide bonds. The zero-order valence-electron chi connectivity index (χ0n) is 18.4. The van der Waals surface area contributed by atoms with Crippen molar-refractivity contribution in [2.75, 3.05) is 24.5 Å². The fraction of sp³-hybridized carbons (Fsp3) is 0.333. The number of anilines is 1. The van der Waals surface area contributed by atoms with Gasteiger partial charge >= 0.3 is 0 Å². The number of rotatable bonds is 3. The van der Waals surface area contributed by atoms with Crippen LogP contribution >= 0.6 is 0 Å². The average molecular weight is 433 g/mol. The minimum Gasteiger partial charge on any atom is -0.338 e. The van der Waals surface area contributed by atoms with E-state index in [2.05, 4.69) is 22.0 Å². The van der Waals surface area contributed by atoms with Crippen LogP contribution in [0.2, 0.25) is 0 Å². The second-order valence-electron chi connectivity index (χ2n) is 8.57. The first-order chi connectivity index (χ1) is 15.5. The van der Waals surface area contributed by atoms with Crippen molar-refractivity contribution in [3.05, 3.63) is 54.3 Å². The van der Waals surface area contributed by atoms with Gasteiger partial charge in [0.15, 0.2) is 11.5 Å². The molecule has 0 unspecified atom stereocenters. The van der Waals surface area contributed by atoms with Crippen LogP contribution in [0.5, 0.6) is 0 Å². The zero-order chi connectivity index (χ0) is 22.4. The monoisotopic (exact) mass is 432 g/mol. The standard InChI is InChI=1S/C24H25FN6O/c1-15(2)23(32)30-13-12-29(14-16(30)3)24-26-20-11-7-5-9-18(20)22-28-27-21(31(22)24)17-8-4-6-10-19(17)25/h4-11,15-16H,12-14H2,1-3H3/t16-/m0/s1. The highest BCUT2D eigenvalue weighted by atomic mass is 19.1. The van der Waals surface area contributed by atoms with Gasteiger partial charge in [0.2, 0.25) is 11.9 Å². The van der Waals surface area contributed by atoms with Crippen LogP contribution < -0.4 is 4.90 Å². The first kappa shape index (κ1) is 20.4. The van der Waals surface area contributed by atoms with E-state index in [1.807, 2.05) is 47.4 Å². The summed E-state index contributed by atoms with van der Waals surface area (Å²) >= 11 is 0. The molecule has 1 aliphatic rings. The van der Waals surface area contributed by atoms with Gasteiger partial charge in [-0.15, -0.1) is 10.2 Å². The summed E-state index contributed by atoms with van der Waals surface area (Å²) in [5.74, 6) is 0.830. The third-order valence-corrected chi connectivity index (χ3v) is 6.03. The average Bonchev–Trinajstić information content (AvgIpc) is 3.23. The summed E-state index contributed by atoms with van der Waals surface area (Å²) < 4.78 is 16.5. The van der Waals surface area contributed by atoms with Gasteiger partial charge < -0.3 is 9.80 Å². The molecule has 8 heteroatoms. The van der Waals surface area contributed by atoms with E-state index < -0.39 is 0 Å². The Morgan fingerprint density at radius 1 is 1.06 bits per heavy atom. The Labute approximate surface area is 185 Å². The smallest absolute Gasteiger partial charge is 0.225 e. The third-order valence-electron chi connectivity index (χ3n) is 6.03. The Balaban J connectivity index is 1.66. The number of benzene rings is 2. The summed E-state index contributed by atoms with van der Waals surface area (Å²) in [7, 11) is 0. The molecule has 1 saturated heterocycles. The van der Waals surface area contributed by atoms with Gasteiger partial charge in [-0.2, -0.15) is 0 Å². The normalized spacial score (nSPS) is 17.0. The van der Waals surface area contributed by atoms with Gasteiger partial charge in [0.25, 0.3) is 0 Å². The van der Waals surface area contributed by atoms with Crippen LogP contribution in [0.4, 0.5) is 10.3 Å². The molecule has 1 aliphatic heterocycles. The Kier molecular flexibility index (Phi) is 5.00. The van der Waals surface area contributed by atoms with Crippen LogP contribution in [0.1, 0.15) is 20.8 Å². The fourth-order valence-corrected chi connectivity index (χ4v) is 4.39. The molecular weight excluding hydrogens is 407 g/mol. The number of amides is 1. The topological polar surface area (TPSA) is 66.6 Å². The molecule has 0 radical (unpaired) electrons. The highest BCUT2D eigenvalue weighted by Gasteiger charge is 2.31. The Morgan fingerprint density at radius 3 is 2.56 bits per heavy atom. The fourth-order valence-electron chi connectivity index (χ4n) is 4.39. The van der Waals surface area contributed by atoms with E-state index in [4.69, 9.17) is 4.98 Å². The lowest BCUT2D eigenvalue weighted by molar-refractivity contribution is -0.136. The summed E-state index contributed by atoms with van der Waals surface area (Å²) in [4.78, 5) is 21.6. The number of carbonyl (C=O) groups excluding carboxylic acids is 1. The van der Waals surface area contributed by atoms with Crippen LogP contribution in [0.25, 0.3) is 27.9 Å². The Hall–Kier alpha value is -3.55. The highest BCUT2D eigenvalue weighted by molar-refractivity contribution is 5.93. The van der Waals surface area contributed by atoms with E-state index in [-0.39, 0.29) is 23.7 Å². The molecule has 2 aromatic heterocycles. The molecule has 0 bridgehead atoms. The van der Waals surface area contributed by atoms with Gasteiger partial charge in [0.1, 0.15) is 5.82 Å². The second kappa shape index (κ2) is 7.85. The number of nitrogens with zero attached hydrogens (tertiary/aromatic N) is 6. The molecule has 2 aromatic carbocycles. The van der Waals surface area contributed by atoms with E-state index in [1.54, 1.807) is 18.2 Å². The first-order valence-electron chi connectivity index (χ1n) is 10.9. The quantitative estimate of drug-likeness (QED) is 0.493. The van der Waals surface area contributed by atoms with Gasteiger partial charge in [0.05, 0.1) is 11.1 Å². The third kappa shape index (κ3) is 3.26. The molecule has 5 rings (SSSR count). The second-order valence-corrected chi connectivity index (χ2v) is 8.57. The van der Waals surface area contributed by atoms with Crippen molar-refractivity contribution in [2.45, 2.75) is 26.8 Å². The molecule has 0 N–H and O–H groups in total.